The van der Waals surface area contributed by atoms with Crippen LogP contribution in [0.1, 0.15) is 66.8 Å². The zero-order valence-electron chi connectivity index (χ0n) is 21.2. The number of ketones is 2. The molecule has 1 amide bonds. The van der Waals surface area contributed by atoms with Gasteiger partial charge in [-0.05, 0) is 29.4 Å². The van der Waals surface area contributed by atoms with Crippen LogP contribution in [0.4, 0.5) is 0 Å². The van der Waals surface area contributed by atoms with Crippen molar-refractivity contribution < 1.29 is 49.8 Å². The number of carbonyl (C=O) groups excluding carboxylic acids is 3. The van der Waals surface area contributed by atoms with E-state index in [0.29, 0.717) is 0 Å². The van der Waals surface area contributed by atoms with Gasteiger partial charge in [0.2, 0.25) is 5.91 Å². The maximum absolute atomic E-state index is 13.9. The Hall–Kier alpha value is -2.86. The summed E-state index contributed by atoms with van der Waals surface area (Å²) in [4.78, 5) is 51.4. The van der Waals surface area contributed by atoms with Crippen molar-refractivity contribution in [1.82, 2.24) is 0 Å². The molecule has 4 unspecified atom stereocenters. The Balaban J connectivity index is 2.06. The number of fused-ring (bicyclic) bond motifs is 3. The highest BCUT2D eigenvalue weighted by molar-refractivity contribution is 6.10. The van der Waals surface area contributed by atoms with E-state index >= 15 is 0 Å². The Morgan fingerprint density at radius 1 is 1.08 bits per heavy atom. The number of carboxylic acids is 1. The van der Waals surface area contributed by atoms with Crippen LogP contribution in [0.5, 0.6) is 5.75 Å². The molecule has 11 heteroatoms. The van der Waals surface area contributed by atoms with Crippen LogP contribution in [-0.2, 0) is 9.59 Å². The smallest absolute Gasteiger partial charge is 0.339 e. The van der Waals surface area contributed by atoms with Gasteiger partial charge in [0.1, 0.15) is 23.3 Å². The lowest BCUT2D eigenvalue weighted by molar-refractivity contribution is -0.306. The molecule has 4 rings (SSSR count). The first-order chi connectivity index (χ1) is 16.9. The van der Waals surface area contributed by atoms with Gasteiger partial charge in [0.05, 0.1) is 23.7 Å². The third-order valence-electron chi connectivity index (χ3n) is 9.85. The highest BCUT2D eigenvalue weighted by Crippen LogP contribution is 2.68. The summed E-state index contributed by atoms with van der Waals surface area (Å²) in [6.45, 7) is 7.81. The first-order valence-corrected chi connectivity index (χ1v) is 12.2. The van der Waals surface area contributed by atoms with Gasteiger partial charge in [0, 0.05) is 10.8 Å². The molecule has 11 nitrogen and oxygen atoms in total. The van der Waals surface area contributed by atoms with Crippen LogP contribution >= 0.6 is 0 Å². The van der Waals surface area contributed by atoms with E-state index in [9.17, 15) is 49.8 Å². The molecule has 0 heterocycles. The molecule has 1 aromatic carbocycles. The molecule has 202 valence electrons. The highest BCUT2D eigenvalue weighted by Gasteiger charge is 2.80. The number of amides is 1. The number of aliphatic hydroxyl groups is 4. The molecule has 8 N–H and O–H groups in total. The van der Waals surface area contributed by atoms with Crippen LogP contribution in [0, 0.1) is 34.5 Å². The second-order valence-corrected chi connectivity index (χ2v) is 11.6. The van der Waals surface area contributed by atoms with Crippen molar-refractivity contribution in [2.75, 3.05) is 0 Å². The second kappa shape index (κ2) is 8.07. The predicted molar refractivity (Wildman–Crippen MR) is 127 cm³/mol. The number of aliphatic hydroxyl groups excluding tert-OH is 3. The summed E-state index contributed by atoms with van der Waals surface area (Å²) in [6.07, 6.45) is -5.56. The SMILES string of the molecule is CC(C)[C@H]1C(O)C(C(N)=O)C(=O)[C@]2(O)C(O)C3C(=O)c4c(ccc(C(=O)O)c4O)[C@@H](C)[C@]3(C)[C@@H](O)[C@]12C. The van der Waals surface area contributed by atoms with Crippen molar-refractivity contribution in [2.24, 2.45) is 40.2 Å². The molecule has 37 heavy (non-hydrogen) atoms. The second-order valence-electron chi connectivity index (χ2n) is 11.6. The third-order valence-corrected chi connectivity index (χ3v) is 9.85. The van der Waals surface area contributed by atoms with Gasteiger partial charge in [0.15, 0.2) is 17.2 Å². The summed E-state index contributed by atoms with van der Waals surface area (Å²) in [6, 6.07) is 2.49. The fourth-order valence-electron chi connectivity index (χ4n) is 7.93. The Morgan fingerprint density at radius 3 is 2.14 bits per heavy atom. The summed E-state index contributed by atoms with van der Waals surface area (Å²) >= 11 is 0. The number of hydrogen-bond acceptors (Lipinski definition) is 9. The molecule has 2 fully saturated rings. The van der Waals surface area contributed by atoms with E-state index in [-0.39, 0.29) is 11.1 Å². The van der Waals surface area contributed by atoms with Gasteiger partial charge in [0.25, 0.3) is 0 Å². The summed E-state index contributed by atoms with van der Waals surface area (Å²) < 4.78 is 0. The molecule has 1 aromatic rings. The van der Waals surface area contributed by atoms with Crippen LogP contribution < -0.4 is 5.73 Å². The molecule has 0 aromatic heterocycles. The lowest BCUT2D eigenvalue weighted by Gasteiger charge is -2.69. The topological polar surface area (TPSA) is 216 Å². The monoisotopic (exact) mass is 519 g/mol. The summed E-state index contributed by atoms with van der Waals surface area (Å²) in [5.41, 5.74) is -1.67. The van der Waals surface area contributed by atoms with E-state index in [0.717, 1.165) is 6.07 Å². The van der Waals surface area contributed by atoms with Crippen molar-refractivity contribution in [2.45, 2.75) is 64.4 Å². The molecule has 2 saturated carbocycles. The maximum atomic E-state index is 13.9. The molecular weight excluding hydrogens is 486 g/mol. The van der Waals surface area contributed by atoms with Gasteiger partial charge >= 0.3 is 5.97 Å². The van der Waals surface area contributed by atoms with Gasteiger partial charge in [-0.3, -0.25) is 14.4 Å². The number of phenols is 1. The fourth-order valence-corrected chi connectivity index (χ4v) is 7.93. The molecule has 0 spiro atoms. The largest absolute Gasteiger partial charge is 0.506 e. The van der Waals surface area contributed by atoms with E-state index in [1.165, 1.54) is 19.9 Å². The summed E-state index contributed by atoms with van der Waals surface area (Å²) in [7, 11) is 0. The normalized spacial score (nSPS) is 43.1. The van der Waals surface area contributed by atoms with Gasteiger partial charge in [-0.25, -0.2) is 4.79 Å². The third kappa shape index (κ3) is 2.91. The van der Waals surface area contributed by atoms with Crippen LogP contribution in [0.15, 0.2) is 12.1 Å². The van der Waals surface area contributed by atoms with E-state index < -0.39 is 99.1 Å². The van der Waals surface area contributed by atoms with E-state index in [2.05, 4.69) is 0 Å². The number of rotatable bonds is 3. The summed E-state index contributed by atoms with van der Waals surface area (Å²) in [5.74, 6) is -11.8. The van der Waals surface area contributed by atoms with E-state index in [4.69, 9.17) is 5.73 Å². The lowest BCUT2D eigenvalue weighted by Crippen LogP contribution is -2.83. The molecule has 0 radical (unpaired) electrons. The highest BCUT2D eigenvalue weighted by atomic mass is 16.4. The minimum atomic E-state index is -2.89. The number of nitrogens with two attached hydrogens (primary N) is 1. The average molecular weight is 520 g/mol. The number of carboxylic acid groups (broad SMARTS) is 1. The first-order valence-electron chi connectivity index (χ1n) is 12.2. The van der Waals surface area contributed by atoms with E-state index in [1.54, 1.807) is 20.8 Å². The summed E-state index contributed by atoms with van der Waals surface area (Å²) in [5, 5.41) is 67.1. The molecular formula is C26H33NO10. The van der Waals surface area contributed by atoms with Crippen LogP contribution in [-0.4, -0.2) is 78.0 Å². The minimum Gasteiger partial charge on any atom is -0.506 e. The standard InChI is InChI=1S/C26H33NO10/c1-8(2)14-18(30)13(21(27)33)19(31)26(37)20(32)15-17(29)12-10(6-7-11(16(12)28)22(34)35)9(3)24(15,4)23(36)25(14,26)5/h6-9,13-15,18,20,23,28,30,32,36-37H,1-5H3,(H2,27,33)(H,34,35)/t9-,13?,14+,15?,18?,20?,23-,24+,25+,26+/m1/s1. The van der Waals surface area contributed by atoms with Crippen molar-refractivity contribution >= 4 is 23.4 Å². The van der Waals surface area contributed by atoms with Gasteiger partial charge in [-0.2, -0.15) is 0 Å². The quantitative estimate of drug-likeness (QED) is 0.261. The van der Waals surface area contributed by atoms with Gasteiger partial charge in [-0.15, -0.1) is 0 Å². The fraction of sp³-hybridized carbons (Fsp3) is 0.615. The minimum absolute atomic E-state index is 0.227. The van der Waals surface area contributed by atoms with Crippen molar-refractivity contribution in [3.8, 4) is 5.75 Å². The Bertz CT molecular complexity index is 1230. The molecule has 0 bridgehead atoms. The number of primary amides is 1. The number of hydrogen-bond donors (Lipinski definition) is 7. The van der Waals surface area contributed by atoms with E-state index in [1.807, 2.05) is 0 Å². The first kappa shape index (κ1) is 27.2. The molecule has 10 atom stereocenters. The number of benzene rings is 1. The van der Waals surface area contributed by atoms with Crippen LogP contribution in [0.2, 0.25) is 0 Å². The van der Waals surface area contributed by atoms with Gasteiger partial charge in [-0.1, -0.05) is 40.7 Å². The van der Waals surface area contributed by atoms with Crippen LogP contribution in [0.3, 0.4) is 0 Å². The maximum Gasteiger partial charge on any atom is 0.339 e. The number of aromatic hydroxyl groups is 1. The Kier molecular flexibility index (Phi) is 5.93. The molecule has 0 aliphatic heterocycles. The zero-order valence-corrected chi connectivity index (χ0v) is 21.2. The van der Waals surface area contributed by atoms with Crippen molar-refractivity contribution in [1.29, 1.82) is 0 Å². The number of Topliss-reactive ketones (excluding diaryl/α,β-unsaturated/α-hetero) is 2. The van der Waals surface area contributed by atoms with Crippen molar-refractivity contribution in [3.05, 3.63) is 28.8 Å². The molecule has 3 aliphatic rings. The number of carbonyl (C=O) groups is 4. The lowest BCUT2D eigenvalue weighted by atomic mass is 9.36. The zero-order chi connectivity index (χ0) is 28.2. The van der Waals surface area contributed by atoms with Gasteiger partial charge < -0.3 is 36.4 Å². The molecule has 0 saturated heterocycles. The Labute approximate surface area is 212 Å². The Morgan fingerprint density at radius 2 is 1.65 bits per heavy atom. The average Bonchev–Trinajstić information content (AvgIpc) is 2.78. The molecule has 3 aliphatic carbocycles. The van der Waals surface area contributed by atoms with Crippen LogP contribution in [0.25, 0.3) is 0 Å². The van der Waals surface area contributed by atoms with Crippen molar-refractivity contribution in [3.63, 3.8) is 0 Å². The predicted octanol–water partition coefficient (Wildman–Crippen LogP) is -0.197. The number of aromatic carboxylic acids is 1.